The molecule has 0 unspecified atom stereocenters. The zero-order chi connectivity index (χ0) is 23.0. The summed E-state index contributed by atoms with van der Waals surface area (Å²) in [6.07, 6.45) is 0.0489. The summed E-state index contributed by atoms with van der Waals surface area (Å²) in [7, 11) is 2.37. The first-order valence-corrected chi connectivity index (χ1v) is 10.7. The third-order valence-corrected chi connectivity index (χ3v) is 6.11. The summed E-state index contributed by atoms with van der Waals surface area (Å²) in [6, 6.07) is 5.85. The Bertz CT molecular complexity index is 973. The van der Waals surface area contributed by atoms with Gasteiger partial charge in [-0.15, -0.1) is 23.1 Å². The maximum absolute atomic E-state index is 12.9. The summed E-state index contributed by atoms with van der Waals surface area (Å²) < 4.78 is 27.2. The quantitative estimate of drug-likeness (QED) is 0.338. The lowest BCUT2D eigenvalue weighted by molar-refractivity contribution is -0.146. The standard InChI is InChI=1S/C20H20FNO7S2/c1-11-16(19(25)27-2)18(31-17(11)20(26)28-3)22-14(23)10-29-15(24)8-9-30-13-6-4-12(21)5-7-13/h4-7H,8-10H2,1-3H3,(H,22,23). The van der Waals surface area contributed by atoms with Crippen LogP contribution in [0.25, 0.3) is 0 Å². The molecule has 2 rings (SSSR count). The molecule has 0 aliphatic rings. The van der Waals surface area contributed by atoms with Gasteiger partial charge in [-0.25, -0.2) is 14.0 Å². The van der Waals surface area contributed by atoms with Crippen molar-refractivity contribution in [1.82, 2.24) is 0 Å². The number of ether oxygens (including phenoxy) is 3. The molecule has 0 saturated carbocycles. The van der Waals surface area contributed by atoms with Crippen molar-refractivity contribution < 1.29 is 37.8 Å². The molecular formula is C20H20FNO7S2. The van der Waals surface area contributed by atoms with Crippen molar-refractivity contribution in [3.05, 3.63) is 46.1 Å². The summed E-state index contributed by atoms with van der Waals surface area (Å²) in [5.74, 6) is -2.60. The lowest BCUT2D eigenvalue weighted by atomic mass is 10.1. The highest BCUT2D eigenvalue weighted by molar-refractivity contribution is 7.99. The molecule has 0 spiro atoms. The molecule has 0 fully saturated rings. The van der Waals surface area contributed by atoms with Gasteiger partial charge < -0.3 is 19.5 Å². The zero-order valence-corrected chi connectivity index (χ0v) is 18.6. The van der Waals surface area contributed by atoms with Crippen LogP contribution >= 0.6 is 23.1 Å². The van der Waals surface area contributed by atoms with E-state index < -0.39 is 30.4 Å². The molecule has 0 radical (unpaired) electrons. The van der Waals surface area contributed by atoms with E-state index in [1.807, 2.05) is 0 Å². The SMILES string of the molecule is COC(=O)c1sc(NC(=O)COC(=O)CCSc2ccc(F)cc2)c(C(=O)OC)c1C. The van der Waals surface area contributed by atoms with E-state index in [9.17, 15) is 23.6 Å². The maximum Gasteiger partial charge on any atom is 0.348 e. The first-order chi connectivity index (χ1) is 14.8. The number of esters is 3. The van der Waals surface area contributed by atoms with Crippen molar-refractivity contribution in [2.75, 3.05) is 31.9 Å². The van der Waals surface area contributed by atoms with E-state index in [-0.39, 0.29) is 27.7 Å². The second-order valence-electron chi connectivity index (χ2n) is 6.00. The molecule has 0 saturated heterocycles. The average molecular weight is 470 g/mol. The number of hydrogen-bond acceptors (Lipinski definition) is 9. The smallest absolute Gasteiger partial charge is 0.348 e. The molecular weight excluding hydrogens is 449 g/mol. The van der Waals surface area contributed by atoms with Crippen LogP contribution in [0, 0.1) is 12.7 Å². The fourth-order valence-electron chi connectivity index (χ4n) is 2.40. The van der Waals surface area contributed by atoms with Gasteiger partial charge in [-0.1, -0.05) is 0 Å². The number of halogens is 1. The predicted molar refractivity (Wildman–Crippen MR) is 113 cm³/mol. The van der Waals surface area contributed by atoms with Gasteiger partial charge in [0.15, 0.2) is 6.61 Å². The molecule has 1 N–H and O–H groups in total. The summed E-state index contributed by atoms with van der Waals surface area (Å²) in [4.78, 5) is 48.9. The molecule has 0 aliphatic heterocycles. The minimum Gasteiger partial charge on any atom is -0.465 e. The van der Waals surface area contributed by atoms with E-state index in [1.54, 1.807) is 12.1 Å². The molecule has 1 aromatic heterocycles. The Labute approximate surface area is 186 Å². The molecule has 11 heteroatoms. The number of carbonyl (C=O) groups is 4. The van der Waals surface area contributed by atoms with Gasteiger partial charge in [0.25, 0.3) is 5.91 Å². The number of thioether (sulfide) groups is 1. The van der Waals surface area contributed by atoms with Gasteiger partial charge in [0.05, 0.1) is 26.2 Å². The fourth-order valence-corrected chi connectivity index (χ4v) is 4.36. The topological polar surface area (TPSA) is 108 Å². The summed E-state index contributed by atoms with van der Waals surface area (Å²) in [5, 5.41) is 2.56. The number of hydrogen-bond donors (Lipinski definition) is 1. The molecule has 8 nitrogen and oxygen atoms in total. The fraction of sp³-hybridized carbons (Fsp3) is 0.300. The van der Waals surface area contributed by atoms with E-state index in [2.05, 4.69) is 10.1 Å². The Balaban J connectivity index is 1.90. The minimum absolute atomic E-state index is 0.0308. The predicted octanol–water partition coefficient (Wildman–Crippen LogP) is 3.43. The molecule has 166 valence electrons. The molecule has 1 amide bonds. The van der Waals surface area contributed by atoms with Crippen molar-refractivity contribution in [2.24, 2.45) is 0 Å². The molecule has 0 atom stereocenters. The van der Waals surface area contributed by atoms with Crippen molar-refractivity contribution in [3.8, 4) is 0 Å². The molecule has 0 bridgehead atoms. The van der Waals surface area contributed by atoms with Gasteiger partial charge >= 0.3 is 17.9 Å². The number of amides is 1. The lowest BCUT2D eigenvalue weighted by Crippen LogP contribution is -2.21. The first-order valence-electron chi connectivity index (χ1n) is 8.90. The maximum atomic E-state index is 12.9. The molecule has 2 aromatic rings. The number of carbonyl (C=O) groups excluding carboxylic acids is 4. The van der Waals surface area contributed by atoms with Gasteiger partial charge in [-0.2, -0.15) is 0 Å². The van der Waals surface area contributed by atoms with E-state index in [0.29, 0.717) is 11.3 Å². The Morgan fingerprint density at radius 1 is 1.06 bits per heavy atom. The third kappa shape index (κ3) is 6.79. The monoisotopic (exact) mass is 469 g/mol. The number of thiophene rings is 1. The summed E-state index contributed by atoms with van der Waals surface area (Å²) in [6.45, 7) is 0.967. The summed E-state index contributed by atoms with van der Waals surface area (Å²) in [5.41, 5.74) is 0.345. The van der Waals surface area contributed by atoms with Crippen LogP contribution in [0.3, 0.4) is 0 Å². The van der Waals surface area contributed by atoms with Crippen molar-refractivity contribution in [2.45, 2.75) is 18.2 Å². The third-order valence-electron chi connectivity index (χ3n) is 3.91. The van der Waals surface area contributed by atoms with E-state index in [0.717, 1.165) is 16.2 Å². The van der Waals surface area contributed by atoms with Gasteiger partial charge in [0.1, 0.15) is 15.7 Å². The van der Waals surface area contributed by atoms with E-state index >= 15 is 0 Å². The molecule has 1 heterocycles. The van der Waals surface area contributed by atoms with Crippen LogP contribution in [-0.2, 0) is 23.8 Å². The average Bonchev–Trinajstić information content (AvgIpc) is 3.08. The van der Waals surface area contributed by atoms with Gasteiger partial charge in [-0.05, 0) is 36.8 Å². The van der Waals surface area contributed by atoms with Crippen LogP contribution in [0.5, 0.6) is 0 Å². The highest BCUT2D eigenvalue weighted by Crippen LogP contribution is 2.34. The lowest BCUT2D eigenvalue weighted by Gasteiger charge is -2.07. The van der Waals surface area contributed by atoms with Crippen molar-refractivity contribution in [3.63, 3.8) is 0 Å². The van der Waals surface area contributed by atoms with Crippen LogP contribution in [0.1, 0.15) is 32.0 Å². The van der Waals surface area contributed by atoms with Crippen molar-refractivity contribution in [1.29, 1.82) is 0 Å². The molecule has 0 aliphatic carbocycles. The first kappa shape index (κ1) is 24.4. The van der Waals surface area contributed by atoms with Crippen LogP contribution in [0.2, 0.25) is 0 Å². The van der Waals surface area contributed by atoms with Crippen LogP contribution < -0.4 is 5.32 Å². The molecule has 31 heavy (non-hydrogen) atoms. The van der Waals surface area contributed by atoms with E-state index in [4.69, 9.17) is 9.47 Å². The van der Waals surface area contributed by atoms with Crippen LogP contribution in [-0.4, -0.2) is 50.4 Å². The van der Waals surface area contributed by atoms with Crippen molar-refractivity contribution >= 4 is 51.9 Å². The highest BCUT2D eigenvalue weighted by Gasteiger charge is 2.26. The highest BCUT2D eigenvalue weighted by atomic mass is 32.2. The minimum atomic E-state index is -0.728. The zero-order valence-electron chi connectivity index (χ0n) is 17.0. The summed E-state index contributed by atoms with van der Waals surface area (Å²) >= 11 is 2.21. The number of nitrogens with one attached hydrogen (secondary N) is 1. The second kappa shape index (κ2) is 11.5. The van der Waals surface area contributed by atoms with Crippen LogP contribution in [0.4, 0.5) is 9.39 Å². The number of benzene rings is 1. The Kier molecular flexibility index (Phi) is 9.01. The van der Waals surface area contributed by atoms with E-state index in [1.165, 1.54) is 45.0 Å². The Hall–Kier alpha value is -2.92. The Morgan fingerprint density at radius 2 is 1.71 bits per heavy atom. The largest absolute Gasteiger partial charge is 0.465 e. The van der Waals surface area contributed by atoms with Gasteiger partial charge in [0.2, 0.25) is 0 Å². The number of methoxy groups -OCH3 is 2. The normalized spacial score (nSPS) is 10.3. The second-order valence-corrected chi connectivity index (χ2v) is 8.19. The number of anilines is 1. The molecule has 1 aromatic carbocycles. The van der Waals surface area contributed by atoms with Crippen LogP contribution in [0.15, 0.2) is 29.2 Å². The number of rotatable bonds is 9. The Morgan fingerprint density at radius 3 is 2.32 bits per heavy atom. The van der Waals surface area contributed by atoms with Gasteiger partial charge in [0, 0.05) is 10.6 Å². The van der Waals surface area contributed by atoms with Gasteiger partial charge in [-0.3, -0.25) is 9.59 Å².